The van der Waals surface area contributed by atoms with E-state index in [2.05, 4.69) is 41.6 Å². The smallest absolute Gasteiger partial charge is 0.243 e. The number of hydrogen-bond acceptors (Lipinski definition) is 12. The molecule has 0 spiro atoms. The number of guanidine groups is 2. The number of aromatic amines is 1. The molecule has 0 aliphatic carbocycles. The number of para-hydroxylation sites is 1. The molecule has 420 valence electrons. The number of hydrogen-bond donors (Lipinski definition) is 12. The lowest BCUT2D eigenvalue weighted by atomic mass is 9.83. The van der Waals surface area contributed by atoms with Crippen LogP contribution >= 0.6 is 0 Å². The van der Waals surface area contributed by atoms with E-state index >= 15 is 0 Å². The summed E-state index contributed by atoms with van der Waals surface area (Å²) < 4.78 is 43.6. The van der Waals surface area contributed by atoms with Gasteiger partial charge >= 0.3 is 0 Å². The molecule has 1 aliphatic heterocycles. The van der Waals surface area contributed by atoms with Crippen LogP contribution in [0.1, 0.15) is 102 Å². The van der Waals surface area contributed by atoms with Crippen molar-refractivity contribution in [3.8, 4) is 0 Å². The average molecular weight is 1080 g/mol. The molecule has 1 aliphatic rings. The fraction of sp³-hybridized carbons (Fsp3) is 0.510. The van der Waals surface area contributed by atoms with Gasteiger partial charge in [-0.1, -0.05) is 24.6 Å². The lowest BCUT2D eigenvalue weighted by molar-refractivity contribution is -0.135. The third-order valence-electron chi connectivity index (χ3n) is 13.0. The van der Waals surface area contributed by atoms with Crippen molar-refractivity contribution in [2.45, 2.75) is 133 Å². The maximum absolute atomic E-state index is 14.7. The first kappa shape index (κ1) is 61.6. The van der Waals surface area contributed by atoms with Crippen LogP contribution in [0.3, 0.4) is 0 Å². The minimum Gasteiger partial charge on any atom is -0.370 e. The van der Waals surface area contributed by atoms with Crippen LogP contribution < -0.4 is 61.0 Å². The summed E-state index contributed by atoms with van der Waals surface area (Å²) in [6.45, 7) is 1.02. The summed E-state index contributed by atoms with van der Waals surface area (Å²) in [6.07, 6.45) is -0.417. The van der Waals surface area contributed by atoms with E-state index in [-0.39, 0.29) is 120 Å². The number of Topliss-reactive ketones (excluding diaryl/α,β-unsaturated/α-hetero) is 3. The molecule has 7 atom stereocenters. The number of amides is 6. The molecule has 0 saturated carbocycles. The number of fused-ring (bicyclic) bond motifs is 1. The summed E-state index contributed by atoms with van der Waals surface area (Å²) in [5.74, 6) is -14.8. The summed E-state index contributed by atoms with van der Waals surface area (Å²) in [7, 11) is 0. The second-order valence-corrected chi connectivity index (χ2v) is 19.1. The van der Waals surface area contributed by atoms with Crippen LogP contribution in [0.25, 0.3) is 10.9 Å². The molecule has 3 aromatic rings. The zero-order valence-corrected chi connectivity index (χ0v) is 43.0. The van der Waals surface area contributed by atoms with Gasteiger partial charge in [-0.3, -0.25) is 53.1 Å². The number of rotatable bonds is 18. The standard InChI is InChI=1S/C51H71F3N14O9/c1-27(69)64-38(13-7-19-62-51(59)60)47(75)66-39-15-14-32(70)9-2-4-12-37(45(56)73)65-46(74)30(23-31-26-63-36-11-5-3-10-33(31)36)25-42(71)29(8-6-18-61-50(57)58)24-43(72)41(22-28-20-34(52)44(54)35(53)21-28)68-49(77)40(16-17-55)67-48(39)76/h3,5,10-11,20-21,26,29-30,37-41,63H,2,4,6-9,12-19,22-25,55H2,1H3,(H2,56,73)(H,64,69)(H,65,74)(H,66,75)(H,67,76)(H,68,77)(H4,57,58,61)(H4,59,60,62)/t29-,30-,37+,38+,39+,40+,41-/m1/s1. The Bertz CT molecular complexity index is 2630. The zero-order valence-electron chi connectivity index (χ0n) is 43.0. The van der Waals surface area contributed by atoms with Gasteiger partial charge in [0.05, 0.1) is 6.04 Å². The highest BCUT2D eigenvalue weighted by atomic mass is 19.2. The maximum Gasteiger partial charge on any atom is 0.243 e. The van der Waals surface area contributed by atoms with Gasteiger partial charge in [0.15, 0.2) is 35.2 Å². The van der Waals surface area contributed by atoms with Gasteiger partial charge in [0.25, 0.3) is 0 Å². The van der Waals surface area contributed by atoms with E-state index in [1.807, 2.05) is 12.1 Å². The van der Waals surface area contributed by atoms with Gasteiger partial charge < -0.3 is 66.0 Å². The minimum atomic E-state index is -1.80. The molecule has 2 aromatic carbocycles. The highest BCUT2D eigenvalue weighted by molar-refractivity contribution is 5.98. The Kier molecular flexibility index (Phi) is 24.5. The number of halogens is 3. The minimum absolute atomic E-state index is 0.00512. The normalized spacial score (nSPS) is 21.2. The molecule has 77 heavy (non-hydrogen) atoms. The van der Waals surface area contributed by atoms with E-state index in [0.29, 0.717) is 17.7 Å². The largest absolute Gasteiger partial charge is 0.370 e. The summed E-state index contributed by atoms with van der Waals surface area (Å²) in [5.41, 5.74) is 34.7. The molecular weight excluding hydrogens is 1010 g/mol. The molecule has 1 fully saturated rings. The van der Waals surface area contributed by atoms with Crippen molar-refractivity contribution in [1.82, 2.24) is 31.6 Å². The number of nitrogens with zero attached hydrogens (tertiary/aromatic N) is 2. The maximum atomic E-state index is 14.7. The molecule has 26 heteroatoms. The zero-order chi connectivity index (χ0) is 56.8. The van der Waals surface area contributed by atoms with Crippen LogP contribution in [-0.4, -0.2) is 120 Å². The first-order chi connectivity index (χ1) is 36.6. The lowest BCUT2D eigenvalue weighted by Crippen LogP contribution is -2.58. The SMILES string of the molecule is CC(=O)N[C@@H](CCCN=C(N)N)C(=O)N[C@H]1CCC(=O)CCCC[C@@H](C(N)=O)NC(=O)[C@H](Cc2c[nH]c3ccccc23)CC(=O)[C@H](CCCN=C(N)N)CC(=O)[C@@H](Cc2cc(F)c(F)c(F)c2)NC(=O)[C@H](CCN)NC1=O. The summed E-state index contributed by atoms with van der Waals surface area (Å²) >= 11 is 0. The molecule has 2 heterocycles. The van der Waals surface area contributed by atoms with Crippen LogP contribution in [-0.2, 0) is 56.0 Å². The van der Waals surface area contributed by atoms with Crippen molar-refractivity contribution < 1.29 is 56.3 Å². The van der Waals surface area contributed by atoms with E-state index in [4.69, 9.17) is 34.4 Å². The Morgan fingerprint density at radius 1 is 0.740 bits per heavy atom. The fourth-order valence-corrected chi connectivity index (χ4v) is 8.96. The molecule has 0 bridgehead atoms. The number of primary amides is 1. The molecular formula is C51H71F3N14O9. The molecule has 0 radical (unpaired) electrons. The number of nitrogens with one attached hydrogen (secondary N) is 6. The highest BCUT2D eigenvalue weighted by Gasteiger charge is 2.35. The number of carbonyl (C=O) groups excluding carboxylic acids is 9. The molecule has 1 saturated heterocycles. The van der Waals surface area contributed by atoms with Gasteiger partial charge in [0.1, 0.15) is 35.7 Å². The van der Waals surface area contributed by atoms with Crippen molar-refractivity contribution in [1.29, 1.82) is 0 Å². The molecule has 0 unspecified atom stereocenters. The molecule has 18 N–H and O–H groups in total. The quantitative estimate of drug-likeness (QED) is 0.0341. The van der Waals surface area contributed by atoms with Crippen molar-refractivity contribution >= 4 is 75.6 Å². The number of benzene rings is 2. The Morgan fingerprint density at radius 2 is 1.39 bits per heavy atom. The lowest BCUT2D eigenvalue weighted by Gasteiger charge is -2.27. The Balaban J connectivity index is 1.80. The average Bonchev–Trinajstić information content (AvgIpc) is 3.77. The van der Waals surface area contributed by atoms with Crippen LogP contribution in [0.4, 0.5) is 13.2 Å². The van der Waals surface area contributed by atoms with Crippen molar-refractivity contribution in [3.63, 3.8) is 0 Å². The van der Waals surface area contributed by atoms with E-state index in [9.17, 15) is 56.3 Å². The van der Waals surface area contributed by atoms with Gasteiger partial charge in [-0.25, -0.2) is 13.2 Å². The van der Waals surface area contributed by atoms with Gasteiger partial charge in [0, 0.05) is 74.6 Å². The van der Waals surface area contributed by atoms with Crippen molar-refractivity contribution in [3.05, 3.63) is 71.2 Å². The monoisotopic (exact) mass is 1080 g/mol. The van der Waals surface area contributed by atoms with E-state index in [0.717, 1.165) is 10.9 Å². The molecule has 23 nitrogen and oxygen atoms in total. The van der Waals surface area contributed by atoms with Gasteiger partial charge in [-0.15, -0.1) is 0 Å². The number of ketones is 3. The number of carbonyl (C=O) groups is 9. The predicted octanol–water partition coefficient (Wildman–Crippen LogP) is -0.170. The van der Waals surface area contributed by atoms with Gasteiger partial charge in [0.2, 0.25) is 35.4 Å². The number of nitrogens with two attached hydrogens (primary N) is 6. The van der Waals surface area contributed by atoms with Crippen molar-refractivity contribution in [2.75, 3.05) is 19.6 Å². The first-order valence-electron chi connectivity index (χ1n) is 25.4. The second-order valence-electron chi connectivity index (χ2n) is 19.1. The summed E-state index contributed by atoms with van der Waals surface area (Å²) in [6, 6.07) is 1.18. The highest BCUT2D eigenvalue weighted by Crippen LogP contribution is 2.27. The van der Waals surface area contributed by atoms with E-state index < -0.39 is 126 Å². The van der Waals surface area contributed by atoms with E-state index in [1.165, 1.54) is 6.92 Å². The Hall–Kier alpha value is -7.90. The second kappa shape index (κ2) is 30.6. The first-order valence-corrected chi connectivity index (χ1v) is 25.4. The molecule has 4 rings (SSSR count). The van der Waals surface area contributed by atoms with Gasteiger partial charge in [-0.2, -0.15) is 0 Å². The third-order valence-corrected chi connectivity index (χ3v) is 13.0. The summed E-state index contributed by atoms with van der Waals surface area (Å²) in [4.78, 5) is 135. The summed E-state index contributed by atoms with van der Waals surface area (Å²) in [5, 5.41) is 13.5. The number of H-pyrrole nitrogens is 1. The fourth-order valence-electron chi connectivity index (χ4n) is 8.96. The van der Waals surface area contributed by atoms with Crippen molar-refractivity contribution in [2.24, 2.45) is 56.2 Å². The number of aliphatic imine (C=N–C) groups is 2. The molecule has 6 amide bonds. The Labute approximate surface area is 442 Å². The topological polar surface area (TPSA) is 410 Å². The Morgan fingerprint density at radius 3 is 2.04 bits per heavy atom. The predicted molar refractivity (Wildman–Crippen MR) is 279 cm³/mol. The van der Waals surface area contributed by atoms with Crippen LogP contribution in [0.2, 0.25) is 0 Å². The van der Waals surface area contributed by atoms with Gasteiger partial charge in [-0.05, 0) is 100 Å². The van der Waals surface area contributed by atoms with Crippen LogP contribution in [0.5, 0.6) is 0 Å². The van der Waals surface area contributed by atoms with Crippen LogP contribution in [0, 0.1) is 29.3 Å². The third kappa shape index (κ3) is 20.3. The van der Waals surface area contributed by atoms with Crippen LogP contribution in [0.15, 0.2) is 52.6 Å². The van der Waals surface area contributed by atoms with E-state index in [1.54, 1.807) is 18.3 Å². The molecule has 1 aromatic heterocycles. The number of aromatic nitrogens is 1.